The van der Waals surface area contributed by atoms with Crippen LogP contribution in [0.3, 0.4) is 0 Å². The van der Waals surface area contributed by atoms with E-state index in [0.717, 1.165) is 11.1 Å². The maximum atomic E-state index is 12.2. The molecule has 2 amide bonds. The van der Waals surface area contributed by atoms with Crippen molar-refractivity contribution in [2.75, 3.05) is 31.2 Å². The summed E-state index contributed by atoms with van der Waals surface area (Å²) in [7, 11) is 1.45. The van der Waals surface area contributed by atoms with Crippen LogP contribution < -0.4 is 11.1 Å². The number of nitrogens with two attached hydrogens (primary N) is 1. The maximum Gasteiger partial charge on any atom is 0.340 e. The Hall–Kier alpha value is -3.06. The van der Waals surface area contributed by atoms with Crippen molar-refractivity contribution >= 4 is 40.8 Å². The van der Waals surface area contributed by atoms with Gasteiger partial charge in [-0.05, 0) is 49.2 Å². The number of esters is 1. The number of nitrogens with zero attached hydrogens (tertiary/aromatic N) is 1. The highest BCUT2D eigenvalue weighted by atomic mass is 35.5. The number of likely N-dealkylation sites (N-methyl/N-ethyl adjacent to an activating group) is 1. The Balaban J connectivity index is 1.88. The number of benzene rings is 2. The van der Waals surface area contributed by atoms with Gasteiger partial charge in [0.15, 0.2) is 6.61 Å². The lowest BCUT2D eigenvalue weighted by molar-refractivity contribution is -0.136. The third-order valence-corrected chi connectivity index (χ3v) is 4.27. The van der Waals surface area contributed by atoms with Crippen molar-refractivity contribution in [2.45, 2.75) is 13.8 Å². The van der Waals surface area contributed by atoms with Crippen LogP contribution in [0.15, 0.2) is 36.4 Å². The summed E-state index contributed by atoms with van der Waals surface area (Å²) < 4.78 is 4.98. The molecule has 0 spiro atoms. The predicted molar refractivity (Wildman–Crippen MR) is 108 cm³/mol. The summed E-state index contributed by atoms with van der Waals surface area (Å²) >= 11 is 5.84. The first-order valence-corrected chi connectivity index (χ1v) is 8.88. The van der Waals surface area contributed by atoms with Crippen molar-refractivity contribution in [2.24, 2.45) is 0 Å². The highest BCUT2D eigenvalue weighted by Gasteiger charge is 2.18. The molecule has 0 aliphatic rings. The fourth-order valence-corrected chi connectivity index (χ4v) is 2.56. The molecule has 0 aliphatic heterocycles. The topological polar surface area (TPSA) is 102 Å². The van der Waals surface area contributed by atoms with Crippen LogP contribution in [0, 0.1) is 13.8 Å². The Kier molecular flexibility index (Phi) is 7.00. The van der Waals surface area contributed by atoms with Gasteiger partial charge in [0.1, 0.15) is 0 Å². The van der Waals surface area contributed by atoms with E-state index in [-0.39, 0.29) is 23.7 Å². The molecule has 2 rings (SSSR count). The van der Waals surface area contributed by atoms with E-state index in [1.54, 1.807) is 6.07 Å². The van der Waals surface area contributed by atoms with Gasteiger partial charge < -0.3 is 20.7 Å². The van der Waals surface area contributed by atoms with Gasteiger partial charge in [-0.2, -0.15) is 0 Å². The van der Waals surface area contributed by atoms with Crippen LogP contribution in [0.4, 0.5) is 11.4 Å². The first kappa shape index (κ1) is 21.2. The summed E-state index contributed by atoms with van der Waals surface area (Å²) in [4.78, 5) is 37.6. The standard InChI is InChI=1S/C20H22ClN3O4/c1-12-4-5-13(2)17(8-12)23-18(25)10-24(3)19(26)11-28-20(27)15-9-14(21)6-7-16(15)22/h4-9H,10-11,22H2,1-3H3,(H,23,25). The van der Waals surface area contributed by atoms with E-state index in [1.807, 2.05) is 32.0 Å². The molecule has 0 bridgehead atoms. The third kappa shape index (κ3) is 5.72. The first-order chi connectivity index (χ1) is 13.2. The Labute approximate surface area is 168 Å². The highest BCUT2D eigenvalue weighted by molar-refractivity contribution is 6.31. The number of hydrogen-bond acceptors (Lipinski definition) is 5. The zero-order chi connectivity index (χ0) is 20.8. The summed E-state index contributed by atoms with van der Waals surface area (Å²) in [6.45, 7) is 3.11. The number of rotatable bonds is 6. The van der Waals surface area contributed by atoms with Gasteiger partial charge in [-0.25, -0.2) is 4.79 Å². The van der Waals surface area contributed by atoms with Crippen molar-refractivity contribution in [3.8, 4) is 0 Å². The van der Waals surface area contributed by atoms with E-state index in [1.165, 1.54) is 24.1 Å². The molecule has 0 fully saturated rings. The molecule has 0 aromatic heterocycles. The molecule has 0 saturated heterocycles. The predicted octanol–water partition coefficient (Wildman–Crippen LogP) is 2.79. The van der Waals surface area contributed by atoms with Gasteiger partial charge in [-0.15, -0.1) is 0 Å². The molecule has 7 nitrogen and oxygen atoms in total. The van der Waals surface area contributed by atoms with Crippen LogP contribution in [-0.2, 0) is 14.3 Å². The van der Waals surface area contributed by atoms with E-state index in [4.69, 9.17) is 22.1 Å². The molecule has 0 unspecified atom stereocenters. The zero-order valence-electron chi connectivity index (χ0n) is 15.9. The minimum absolute atomic E-state index is 0.0793. The number of hydrogen-bond donors (Lipinski definition) is 2. The van der Waals surface area contributed by atoms with Crippen LogP contribution in [0.5, 0.6) is 0 Å². The quantitative estimate of drug-likeness (QED) is 0.570. The molecule has 28 heavy (non-hydrogen) atoms. The average molecular weight is 404 g/mol. The molecule has 2 aromatic rings. The molecule has 0 aliphatic carbocycles. The Morgan fingerprint density at radius 1 is 1.14 bits per heavy atom. The number of anilines is 2. The summed E-state index contributed by atoms with van der Waals surface area (Å²) in [6.07, 6.45) is 0. The van der Waals surface area contributed by atoms with E-state index in [9.17, 15) is 14.4 Å². The lowest BCUT2D eigenvalue weighted by atomic mass is 10.1. The lowest BCUT2D eigenvalue weighted by Crippen LogP contribution is -2.37. The smallest absolute Gasteiger partial charge is 0.340 e. The second-order valence-corrected chi connectivity index (χ2v) is 6.86. The van der Waals surface area contributed by atoms with Gasteiger partial charge in [-0.3, -0.25) is 9.59 Å². The van der Waals surface area contributed by atoms with E-state index < -0.39 is 18.5 Å². The fraction of sp³-hybridized carbons (Fsp3) is 0.250. The molecule has 0 atom stereocenters. The molecular formula is C20H22ClN3O4. The molecule has 3 N–H and O–H groups in total. The van der Waals surface area contributed by atoms with Crippen molar-refractivity contribution in [1.29, 1.82) is 0 Å². The van der Waals surface area contributed by atoms with E-state index >= 15 is 0 Å². The number of halogens is 1. The van der Waals surface area contributed by atoms with Crippen LogP contribution in [-0.4, -0.2) is 42.9 Å². The zero-order valence-corrected chi connectivity index (χ0v) is 16.7. The fourth-order valence-electron chi connectivity index (χ4n) is 2.38. The first-order valence-electron chi connectivity index (χ1n) is 8.50. The highest BCUT2D eigenvalue weighted by Crippen LogP contribution is 2.19. The summed E-state index contributed by atoms with van der Waals surface area (Å²) in [5.74, 6) is -1.64. The van der Waals surface area contributed by atoms with Gasteiger partial charge in [0.2, 0.25) is 5.91 Å². The van der Waals surface area contributed by atoms with Crippen LogP contribution in [0.25, 0.3) is 0 Å². The normalized spacial score (nSPS) is 10.3. The maximum absolute atomic E-state index is 12.2. The van der Waals surface area contributed by atoms with Gasteiger partial charge in [0.25, 0.3) is 5.91 Å². The largest absolute Gasteiger partial charge is 0.452 e. The number of amides is 2. The second kappa shape index (κ2) is 9.23. The van der Waals surface area contributed by atoms with Gasteiger partial charge in [0.05, 0.1) is 12.1 Å². The minimum Gasteiger partial charge on any atom is -0.452 e. The molecule has 0 saturated carbocycles. The second-order valence-electron chi connectivity index (χ2n) is 6.42. The van der Waals surface area contributed by atoms with Crippen molar-refractivity contribution in [3.63, 3.8) is 0 Å². The van der Waals surface area contributed by atoms with E-state index in [2.05, 4.69) is 5.32 Å². The lowest BCUT2D eigenvalue weighted by Gasteiger charge is -2.17. The molecule has 0 heterocycles. The average Bonchev–Trinajstić information content (AvgIpc) is 2.64. The number of aryl methyl sites for hydroxylation is 2. The number of ether oxygens (including phenoxy) is 1. The van der Waals surface area contributed by atoms with Gasteiger partial charge in [-0.1, -0.05) is 23.7 Å². The summed E-state index contributed by atoms with van der Waals surface area (Å²) in [6, 6.07) is 10.1. The van der Waals surface area contributed by atoms with Crippen molar-refractivity contribution in [1.82, 2.24) is 4.90 Å². The molecule has 8 heteroatoms. The summed E-state index contributed by atoms with van der Waals surface area (Å²) in [5, 5.41) is 3.10. The van der Waals surface area contributed by atoms with Gasteiger partial charge >= 0.3 is 5.97 Å². The van der Waals surface area contributed by atoms with Crippen LogP contribution >= 0.6 is 11.6 Å². The molecule has 148 valence electrons. The minimum atomic E-state index is -0.762. The van der Waals surface area contributed by atoms with Crippen LogP contribution in [0.2, 0.25) is 5.02 Å². The Bertz CT molecular complexity index is 914. The number of nitrogen functional groups attached to an aromatic ring is 1. The summed E-state index contributed by atoms with van der Waals surface area (Å²) in [5.41, 5.74) is 8.61. The van der Waals surface area contributed by atoms with Gasteiger partial charge in [0, 0.05) is 23.4 Å². The monoisotopic (exact) mass is 403 g/mol. The SMILES string of the molecule is Cc1ccc(C)c(NC(=O)CN(C)C(=O)COC(=O)c2cc(Cl)ccc2N)c1. The van der Waals surface area contributed by atoms with Crippen molar-refractivity contribution < 1.29 is 19.1 Å². The van der Waals surface area contributed by atoms with E-state index in [0.29, 0.717) is 10.7 Å². The Morgan fingerprint density at radius 3 is 2.57 bits per heavy atom. The number of carbonyl (C=O) groups is 3. The Morgan fingerprint density at radius 2 is 1.86 bits per heavy atom. The third-order valence-electron chi connectivity index (χ3n) is 4.04. The molecular weight excluding hydrogens is 382 g/mol. The van der Waals surface area contributed by atoms with Crippen molar-refractivity contribution in [3.05, 3.63) is 58.1 Å². The number of carbonyl (C=O) groups excluding carboxylic acids is 3. The number of nitrogens with one attached hydrogen (secondary N) is 1. The molecule has 0 radical (unpaired) electrons. The molecule has 2 aromatic carbocycles. The van der Waals surface area contributed by atoms with Crippen LogP contribution in [0.1, 0.15) is 21.5 Å².